The first-order valence-corrected chi connectivity index (χ1v) is 6.22. The molecule has 0 aliphatic rings. The van der Waals surface area contributed by atoms with Gasteiger partial charge in [-0.2, -0.15) is 0 Å². The first kappa shape index (κ1) is 14.6. The van der Waals surface area contributed by atoms with Crippen molar-refractivity contribution in [3.05, 3.63) is 29.1 Å². The molecule has 1 N–H and O–H groups in total. The van der Waals surface area contributed by atoms with Crippen molar-refractivity contribution >= 4 is 16.0 Å². The Morgan fingerprint density at radius 2 is 2.00 bits per heavy atom. The highest BCUT2D eigenvalue weighted by atomic mass is 32.2. The number of carboxylic acids is 1. The third-order valence-electron chi connectivity index (χ3n) is 2.42. The molecule has 0 unspecified atom stereocenters. The van der Waals surface area contributed by atoms with Crippen LogP contribution in [0.3, 0.4) is 0 Å². The van der Waals surface area contributed by atoms with Crippen LogP contribution in [0.5, 0.6) is 0 Å². The minimum atomic E-state index is -4.09. The van der Waals surface area contributed by atoms with Gasteiger partial charge in [0.1, 0.15) is 5.82 Å². The number of hydrogen-bond donors (Lipinski definition) is 1. The lowest BCUT2D eigenvalue weighted by molar-refractivity contribution is -0.0259. The van der Waals surface area contributed by atoms with Gasteiger partial charge in [-0.15, -0.1) is 0 Å². The monoisotopic (exact) mass is 277 g/mol. The van der Waals surface area contributed by atoms with Crippen molar-refractivity contribution in [2.45, 2.75) is 11.8 Å². The minimum Gasteiger partial charge on any atom is -0.478 e. The molecule has 6 nitrogen and oxygen atoms in total. The standard InChI is InChI=1S/C10H12FNO5S/c1-6-8(11)4-7(10(13)14)5-9(6)18(15,16)12(2)17-3/h4-5H,1-3H3,(H,13,14). The number of rotatable bonds is 4. The van der Waals surface area contributed by atoms with E-state index in [0.29, 0.717) is 4.47 Å². The molecule has 0 fully saturated rings. The molecule has 0 spiro atoms. The summed E-state index contributed by atoms with van der Waals surface area (Å²) in [4.78, 5) is 14.9. The zero-order chi connectivity index (χ0) is 14.1. The number of nitrogens with zero attached hydrogens (tertiary/aromatic N) is 1. The summed E-state index contributed by atoms with van der Waals surface area (Å²) in [6, 6.07) is 1.66. The molecule has 0 atom stereocenters. The summed E-state index contributed by atoms with van der Waals surface area (Å²) in [5.41, 5.74) is -0.606. The average Bonchev–Trinajstić information content (AvgIpc) is 2.30. The molecule has 0 radical (unpaired) electrons. The molecule has 0 bridgehead atoms. The van der Waals surface area contributed by atoms with Gasteiger partial charge in [0.05, 0.1) is 17.6 Å². The lowest BCUT2D eigenvalue weighted by atomic mass is 10.1. The number of carbonyl (C=O) groups is 1. The highest BCUT2D eigenvalue weighted by molar-refractivity contribution is 7.89. The third-order valence-corrected chi connectivity index (χ3v) is 4.22. The number of halogens is 1. The van der Waals surface area contributed by atoms with Gasteiger partial charge in [-0.05, 0) is 19.1 Å². The summed E-state index contributed by atoms with van der Waals surface area (Å²) in [6.45, 7) is 1.25. The van der Waals surface area contributed by atoms with Crippen molar-refractivity contribution in [1.82, 2.24) is 4.47 Å². The second kappa shape index (κ2) is 5.01. The molecule has 0 saturated heterocycles. The highest BCUT2D eigenvalue weighted by Crippen LogP contribution is 2.23. The van der Waals surface area contributed by atoms with Crippen LogP contribution in [-0.4, -0.2) is 38.1 Å². The third kappa shape index (κ3) is 2.50. The predicted octanol–water partition coefficient (Wildman–Crippen LogP) is 1.01. The molecule has 8 heteroatoms. The largest absolute Gasteiger partial charge is 0.478 e. The number of hydroxylamine groups is 1. The quantitative estimate of drug-likeness (QED) is 0.830. The van der Waals surface area contributed by atoms with Gasteiger partial charge in [-0.3, -0.25) is 4.84 Å². The summed E-state index contributed by atoms with van der Waals surface area (Å²) in [7, 11) is -1.84. The Hall–Kier alpha value is -1.51. The summed E-state index contributed by atoms with van der Waals surface area (Å²) in [6.07, 6.45) is 0. The van der Waals surface area contributed by atoms with E-state index in [4.69, 9.17) is 5.11 Å². The van der Waals surface area contributed by atoms with E-state index in [1.165, 1.54) is 6.92 Å². The van der Waals surface area contributed by atoms with E-state index < -0.39 is 32.3 Å². The highest BCUT2D eigenvalue weighted by Gasteiger charge is 2.26. The Bertz CT molecular complexity index is 584. The number of hydrogen-bond acceptors (Lipinski definition) is 4. The van der Waals surface area contributed by atoms with E-state index in [9.17, 15) is 17.6 Å². The maximum atomic E-state index is 13.5. The van der Waals surface area contributed by atoms with Gasteiger partial charge >= 0.3 is 5.97 Å². The fraction of sp³-hybridized carbons (Fsp3) is 0.300. The van der Waals surface area contributed by atoms with Crippen LogP contribution in [0, 0.1) is 12.7 Å². The molecule has 100 valence electrons. The van der Waals surface area contributed by atoms with Crippen LogP contribution in [0.4, 0.5) is 4.39 Å². The Balaban J connectivity index is 3.55. The van der Waals surface area contributed by atoms with Crippen molar-refractivity contribution in [2.24, 2.45) is 0 Å². The maximum absolute atomic E-state index is 13.5. The van der Waals surface area contributed by atoms with Crippen molar-refractivity contribution in [1.29, 1.82) is 0 Å². The fourth-order valence-electron chi connectivity index (χ4n) is 1.28. The molecule has 0 aromatic heterocycles. The molecule has 1 aromatic carbocycles. The number of aromatic carboxylic acids is 1. The second-order valence-electron chi connectivity index (χ2n) is 3.48. The van der Waals surface area contributed by atoms with Crippen LogP contribution in [-0.2, 0) is 14.9 Å². The molecule has 1 aromatic rings. The number of sulfonamides is 1. The van der Waals surface area contributed by atoms with Gasteiger partial charge in [0.2, 0.25) is 0 Å². The first-order valence-electron chi connectivity index (χ1n) is 4.78. The van der Waals surface area contributed by atoms with Gasteiger partial charge in [-0.25, -0.2) is 17.6 Å². The molecular formula is C10H12FNO5S. The smallest absolute Gasteiger partial charge is 0.335 e. The lowest BCUT2D eigenvalue weighted by Gasteiger charge is -2.16. The molecular weight excluding hydrogens is 265 g/mol. The SMILES string of the molecule is CON(C)S(=O)(=O)c1cc(C(=O)O)cc(F)c1C. The normalized spacial score (nSPS) is 11.8. The van der Waals surface area contributed by atoms with Crippen LogP contribution >= 0.6 is 0 Å². The zero-order valence-electron chi connectivity index (χ0n) is 9.97. The van der Waals surface area contributed by atoms with E-state index in [0.717, 1.165) is 26.3 Å². The summed E-state index contributed by atoms with van der Waals surface area (Å²) in [5, 5.41) is 8.78. The van der Waals surface area contributed by atoms with Gasteiger partial charge in [-0.1, -0.05) is 4.47 Å². The van der Waals surface area contributed by atoms with E-state index in [2.05, 4.69) is 4.84 Å². The Kier molecular flexibility index (Phi) is 4.05. The van der Waals surface area contributed by atoms with Crippen LogP contribution in [0.1, 0.15) is 15.9 Å². The first-order chi connectivity index (χ1) is 8.21. The van der Waals surface area contributed by atoms with Crippen molar-refractivity contribution in [2.75, 3.05) is 14.2 Å². The molecule has 18 heavy (non-hydrogen) atoms. The lowest BCUT2D eigenvalue weighted by Crippen LogP contribution is -2.27. The zero-order valence-corrected chi connectivity index (χ0v) is 10.8. The van der Waals surface area contributed by atoms with Gasteiger partial charge in [0, 0.05) is 12.6 Å². The molecule has 0 amide bonds. The van der Waals surface area contributed by atoms with Crippen LogP contribution in [0.25, 0.3) is 0 Å². The topological polar surface area (TPSA) is 83.9 Å². The maximum Gasteiger partial charge on any atom is 0.335 e. The summed E-state index contributed by atoms with van der Waals surface area (Å²) < 4.78 is 37.9. The summed E-state index contributed by atoms with van der Waals surface area (Å²) >= 11 is 0. The van der Waals surface area contributed by atoms with Gasteiger partial charge in [0.25, 0.3) is 10.0 Å². The van der Waals surface area contributed by atoms with Crippen molar-refractivity contribution < 1.29 is 27.5 Å². The van der Waals surface area contributed by atoms with E-state index in [1.807, 2.05) is 0 Å². The Labute approximate surface area is 104 Å². The van der Waals surface area contributed by atoms with E-state index in [-0.39, 0.29) is 5.56 Å². The minimum absolute atomic E-state index is 0.163. The van der Waals surface area contributed by atoms with Crippen molar-refractivity contribution in [3.63, 3.8) is 0 Å². The summed E-state index contributed by atoms with van der Waals surface area (Å²) in [5.74, 6) is -2.32. The number of carboxylic acid groups (broad SMARTS) is 1. The molecule has 0 aliphatic heterocycles. The second-order valence-corrected chi connectivity index (χ2v) is 5.39. The van der Waals surface area contributed by atoms with Gasteiger partial charge in [0.15, 0.2) is 0 Å². The van der Waals surface area contributed by atoms with E-state index >= 15 is 0 Å². The van der Waals surface area contributed by atoms with Crippen LogP contribution < -0.4 is 0 Å². The molecule has 1 rings (SSSR count). The predicted molar refractivity (Wildman–Crippen MR) is 60.1 cm³/mol. The van der Waals surface area contributed by atoms with E-state index in [1.54, 1.807) is 0 Å². The van der Waals surface area contributed by atoms with Crippen LogP contribution in [0.2, 0.25) is 0 Å². The number of benzene rings is 1. The van der Waals surface area contributed by atoms with Crippen molar-refractivity contribution in [3.8, 4) is 0 Å². The van der Waals surface area contributed by atoms with Gasteiger partial charge < -0.3 is 5.11 Å². The molecule has 0 saturated carbocycles. The van der Waals surface area contributed by atoms with Crippen LogP contribution in [0.15, 0.2) is 17.0 Å². The fourth-order valence-corrected chi connectivity index (χ4v) is 2.52. The molecule has 0 aliphatic carbocycles. The Morgan fingerprint density at radius 1 is 1.44 bits per heavy atom. The molecule has 0 heterocycles. The Morgan fingerprint density at radius 3 is 2.44 bits per heavy atom. The average molecular weight is 277 g/mol.